The lowest BCUT2D eigenvalue weighted by molar-refractivity contribution is 0.183. The van der Waals surface area contributed by atoms with Gasteiger partial charge in [-0.25, -0.2) is 0 Å². The van der Waals surface area contributed by atoms with E-state index in [1.807, 2.05) is 0 Å². The second kappa shape index (κ2) is 8.12. The van der Waals surface area contributed by atoms with Crippen molar-refractivity contribution in [3.63, 3.8) is 0 Å². The van der Waals surface area contributed by atoms with Crippen LogP contribution in [0.5, 0.6) is 0 Å². The van der Waals surface area contributed by atoms with Crippen LogP contribution in [-0.2, 0) is 4.74 Å². The van der Waals surface area contributed by atoms with E-state index in [0.29, 0.717) is 11.5 Å². The van der Waals surface area contributed by atoms with Gasteiger partial charge in [0.1, 0.15) is 0 Å². The van der Waals surface area contributed by atoms with Crippen molar-refractivity contribution in [3.05, 3.63) is 0 Å². The first-order chi connectivity index (χ1) is 6.99. The molecule has 0 aromatic heterocycles. The van der Waals surface area contributed by atoms with Crippen molar-refractivity contribution < 1.29 is 4.74 Å². The van der Waals surface area contributed by atoms with Crippen molar-refractivity contribution in [1.29, 1.82) is 0 Å². The number of methoxy groups -OCH3 is 1. The molecular formula is C13H29NO. The molecule has 1 unspecified atom stereocenters. The van der Waals surface area contributed by atoms with Crippen LogP contribution in [0.2, 0.25) is 0 Å². The molecule has 2 nitrogen and oxygen atoms in total. The molecule has 0 saturated carbocycles. The Kier molecular flexibility index (Phi) is 8.07. The summed E-state index contributed by atoms with van der Waals surface area (Å²) >= 11 is 0. The van der Waals surface area contributed by atoms with E-state index in [4.69, 9.17) is 4.74 Å². The molecular weight excluding hydrogens is 186 g/mol. The van der Waals surface area contributed by atoms with Crippen LogP contribution in [0.15, 0.2) is 0 Å². The highest BCUT2D eigenvalue weighted by Gasteiger charge is 2.17. The fraction of sp³-hybridized carbons (Fsp3) is 1.00. The van der Waals surface area contributed by atoms with Crippen LogP contribution < -0.4 is 5.32 Å². The molecule has 0 amide bonds. The number of ether oxygens (including phenoxy) is 1. The average Bonchev–Trinajstić information content (AvgIpc) is 2.12. The van der Waals surface area contributed by atoms with E-state index in [9.17, 15) is 0 Å². The zero-order chi connectivity index (χ0) is 11.7. The highest BCUT2D eigenvalue weighted by Crippen LogP contribution is 2.22. The first-order valence-corrected chi connectivity index (χ1v) is 6.22. The SMILES string of the molecule is CCCNC(CCCOC)CC(C)(C)C. The van der Waals surface area contributed by atoms with Gasteiger partial charge in [0.25, 0.3) is 0 Å². The number of hydrogen-bond donors (Lipinski definition) is 1. The minimum Gasteiger partial charge on any atom is -0.385 e. The Labute approximate surface area is 95.8 Å². The van der Waals surface area contributed by atoms with E-state index in [1.165, 1.54) is 19.3 Å². The van der Waals surface area contributed by atoms with Gasteiger partial charge >= 0.3 is 0 Å². The van der Waals surface area contributed by atoms with E-state index in [-0.39, 0.29) is 0 Å². The Morgan fingerprint density at radius 2 is 1.93 bits per heavy atom. The first-order valence-electron chi connectivity index (χ1n) is 6.22. The first kappa shape index (κ1) is 14.9. The lowest BCUT2D eigenvalue weighted by Crippen LogP contribution is -2.33. The van der Waals surface area contributed by atoms with Gasteiger partial charge in [-0.3, -0.25) is 0 Å². The fourth-order valence-electron chi connectivity index (χ4n) is 1.84. The van der Waals surface area contributed by atoms with Gasteiger partial charge in [-0.15, -0.1) is 0 Å². The van der Waals surface area contributed by atoms with Crippen molar-refractivity contribution in [3.8, 4) is 0 Å². The van der Waals surface area contributed by atoms with Crippen LogP contribution in [0.25, 0.3) is 0 Å². The molecule has 0 fully saturated rings. The van der Waals surface area contributed by atoms with E-state index in [0.717, 1.165) is 19.6 Å². The molecule has 0 spiro atoms. The van der Waals surface area contributed by atoms with Gasteiger partial charge in [0.2, 0.25) is 0 Å². The quantitative estimate of drug-likeness (QED) is 0.628. The fourth-order valence-corrected chi connectivity index (χ4v) is 1.84. The molecule has 0 radical (unpaired) electrons. The van der Waals surface area contributed by atoms with Gasteiger partial charge in [0.15, 0.2) is 0 Å². The number of rotatable bonds is 8. The third-order valence-corrected chi connectivity index (χ3v) is 2.44. The van der Waals surface area contributed by atoms with Crippen molar-refractivity contribution in [2.75, 3.05) is 20.3 Å². The molecule has 0 aliphatic heterocycles. The number of nitrogens with one attached hydrogen (secondary N) is 1. The summed E-state index contributed by atoms with van der Waals surface area (Å²) in [5.74, 6) is 0. The molecule has 2 heteroatoms. The van der Waals surface area contributed by atoms with Gasteiger partial charge < -0.3 is 10.1 Å². The second-order valence-electron chi connectivity index (χ2n) is 5.55. The van der Waals surface area contributed by atoms with Crippen molar-refractivity contribution >= 4 is 0 Å². The molecule has 0 aliphatic carbocycles. The maximum Gasteiger partial charge on any atom is 0.0462 e. The summed E-state index contributed by atoms with van der Waals surface area (Å²) in [6.45, 7) is 11.2. The van der Waals surface area contributed by atoms with Crippen molar-refractivity contribution in [1.82, 2.24) is 5.32 Å². The monoisotopic (exact) mass is 215 g/mol. The maximum absolute atomic E-state index is 5.10. The zero-order valence-corrected chi connectivity index (χ0v) is 11.2. The minimum atomic E-state index is 0.415. The maximum atomic E-state index is 5.10. The molecule has 0 bridgehead atoms. The zero-order valence-electron chi connectivity index (χ0n) is 11.2. The molecule has 0 heterocycles. The average molecular weight is 215 g/mol. The van der Waals surface area contributed by atoms with Gasteiger partial charge in [-0.05, 0) is 37.6 Å². The topological polar surface area (TPSA) is 21.3 Å². The summed E-state index contributed by atoms with van der Waals surface area (Å²) in [7, 11) is 1.78. The summed E-state index contributed by atoms with van der Waals surface area (Å²) in [5, 5.41) is 3.63. The van der Waals surface area contributed by atoms with Gasteiger partial charge in [0, 0.05) is 19.8 Å². The third-order valence-electron chi connectivity index (χ3n) is 2.44. The Balaban J connectivity index is 3.84. The Hall–Kier alpha value is -0.0800. The van der Waals surface area contributed by atoms with Crippen LogP contribution in [-0.4, -0.2) is 26.3 Å². The van der Waals surface area contributed by atoms with Crippen LogP contribution in [0.1, 0.15) is 53.4 Å². The summed E-state index contributed by atoms with van der Waals surface area (Å²) < 4.78 is 5.10. The predicted molar refractivity (Wildman–Crippen MR) is 67.3 cm³/mol. The van der Waals surface area contributed by atoms with Crippen LogP contribution in [0, 0.1) is 5.41 Å². The van der Waals surface area contributed by atoms with E-state index >= 15 is 0 Å². The highest BCUT2D eigenvalue weighted by molar-refractivity contribution is 4.74. The Morgan fingerprint density at radius 1 is 1.27 bits per heavy atom. The summed E-state index contributed by atoms with van der Waals surface area (Å²) in [6, 6.07) is 0.653. The summed E-state index contributed by atoms with van der Waals surface area (Å²) in [6.07, 6.45) is 4.85. The highest BCUT2D eigenvalue weighted by atomic mass is 16.5. The molecule has 0 saturated heterocycles. The smallest absolute Gasteiger partial charge is 0.0462 e. The molecule has 0 aromatic carbocycles. The molecule has 0 aliphatic rings. The third kappa shape index (κ3) is 10.2. The van der Waals surface area contributed by atoms with E-state index in [2.05, 4.69) is 33.0 Å². The lowest BCUT2D eigenvalue weighted by atomic mass is 9.86. The molecule has 0 rings (SSSR count). The largest absolute Gasteiger partial charge is 0.385 e. The number of hydrogen-bond acceptors (Lipinski definition) is 2. The normalized spacial score (nSPS) is 14.2. The van der Waals surface area contributed by atoms with Crippen LogP contribution in [0.3, 0.4) is 0 Å². The van der Waals surface area contributed by atoms with E-state index in [1.54, 1.807) is 7.11 Å². The lowest BCUT2D eigenvalue weighted by Gasteiger charge is -2.27. The van der Waals surface area contributed by atoms with Gasteiger partial charge in [0.05, 0.1) is 0 Å². The molecule has 15 heavy (non-hydrogen) atoms. The standard InChI is InChI=1S/C13H29NO/c1-6-9-14-12(8-7-10-15-5)11-13(2,3)4/h12,14H,6-11H2,1-5H3. The van der Waals surface area contributed by atoms with Crippen LogP contribution in [0.4, 0.5) is 0 Å². The molecule has 1 N–H and O–H groups in total. The summed E-state index contributed by atoms with van der Waals surface area (Å²) in [5.41, 5.74) is 0.415. The van der Waals surface area contributed by atoms with Crippen molar-refractivity contribution in [2.24, 2.45) is 5.41 Å². The van der Waals surface area contributed by atoms with Gasteiger partial charge in [-0.2, -0.15) is 0 Å². The van der Waals surface area contributed by atoms with E-state index < -0.39 is 0 Å². The minimum absolute atomic E-state index is 0.415. The molecule has 1 atom stereocenters. The summed E-state index contributed by atoms with van der Waals surface area (Å²) in [4.78, 5) is 0. The van der Waals surface area contributed by atoms with Gasteiger partial charge in [-0.1, -0.05) is 27.7 Å². The Bertz CT molecular complexity index is 140. The van der Waals surface area contributed by atoms with Crippen LogP contribution >= 0.6 is 0 Å². The predicted octanol–water partition coefficient (Wildman–Crippen LogP) is 3.22. The molecule has 92 valence electrons. The Morgan fingerprint density at radius 3 is 2.40 bits per heavy atom. The van der Waals surface area contributed by atoms with Crippen molar-refractivity contribution in [2.45, 2.75) is 59.4 Å². The molecule has 0 aromatic rings. The second-order valence-corrected chi connectivity index (χ2v) is 5.55.